The van der Waals surface area contributed by atoms with Gasteiger partial charge in [-0.2, -0.15) is 0 Å². The first-order valence-corrected chi connectivity index (χ1v) is 5.51. The molecule has 0 radical (unpaired) electrons. The maximum Gasteiger partial charge on any atom is 0.305 e. The molecule has 1 heterocycles. The van der Waals surface area contributed by atoms with Crippen LogP contribution >= 0.6 is 15.9 Å². The van der Waals surface area contributed by atoms with E-state index in [0.29, 0.717) is 12.5 Å². The van der Waals surface area contributed by atoms with Gasteiger partial charge in [-0.25, -0.2) is 4.98 Å². The van der Waals surface area contributed by atoms with E-state index in [9.17, 15) is 4.79 Å². The average Bonchev–Trinajstić information content (AvgIpc) is 2.52. The molecule has 5 nitrogen and oxygen atoms in total. The highest BCUT2D eigenvalue weighted by Crippen LogP contribution is 2.26. The maximum atomic E-state index is 10.5. The molecule has 2 rings (SSSR count). The summed E-state index contributed by atoms with van der Waals surface area (Å²) < 4.78 is 2.56. The topological polar surface area (TPSA) is 81.1 Å². The van der Waals surface area contributed by atoms with Gasteiger partial charge in [0.2, 0.25) is 5.95 Å². The van der Waals surface area contributed by atoms with Crippen molar-refractivity contribution in [2.75, 3.05) is 5.73 Å². The van der Waals surface area contributed by atoms with Gasteiger partial charge in [-0.15, -0.1) is 0 Å². The molecule has 0 saturated carbocycles. The third-order valence-electron chi connectivity index (χ3n) is 2.30. The van der Waals surface area contributed by atoms with Gasteiger partial charge in [0, 0.05) is 11.0 Å². The number of hydrogen-bond acceptors (Lipinski definition) is 3. The summed E-state index contributed by atoms with van der Waals surface area (Å²) in [6, 6.07) is 5.58. The molecular formula is C10H10BrN3O2. The molecule has 0 unspecified atom stereocenters. The molecule has 0 atom stereocenters. The molecule has 0 aliphatic rings. The first-order chi connectivity index (χ1) is 7.59. The second-order valence-corrected chi connectivity index (χ2v) is 4.23. The lowest BCUT2D eigenvalue weighted by Gasteiger charge is -2.05. The molecule has 3 N–H and O–H groups in total. The average molecular weight is 284 g/mol. The predicted molar refractivity (Wildman–Crippen MR) is 64.1 cm³/mol. The monoisotopic (exact) mass is 283 g/mol. The van der Waals surface area contributed by atoms with Crippen LogP contribution in [0.3, 0.4) is 0 Å². The molecule has 0 aliphatic carbocycles. The van der Waals surface area contributed by atoms with Crippen LogP contribution in [0.5, 0.6) is 0 Å². The maximum absolute atomic E-state index is 10.5. The number of halogens is 1. The number of anilines is 1. The Morgan fingerprint density at radius 1 is 1.56 bits per heavy atom. The van der Waals surface area contributed by atoms with Crippen molar-refractivity contribution >= 4 is 38.9 Å². The Hall–Kier alpha value is -1.56. The van der Waals surface area contributed by atoms with E-state index in [4.69, 9.17) is 10.8 Å². The van der Waals surface area contributed by atoms with Gasteiger partial charge in [0.1, 0.15) is 0 Å². The van der Waals surface area contributed by atoms with Gasteiger partial charge < -0.3 is 15.4 Å². The zero-order valence-corrected chi connectivity index (χ0v) is 9.94. The molecule has 0 fully saturated rings. The molecule has 84 valence electrons. The Bertz CT molecular complexity index is 550. The number of hydrogen-bond donors (Lipinski definition) is 2. The van der Waals surface area contributed by atoms with Gasteiger partial charge in [-0.3, -0.25) is 4.79 Å². The smallest absolute Gasteiger partial charge is 0.305 e. The van der Waals surface area contributed by atoms with Crippen molar-refractivity contribution in [3.8, 4) is 0 Å². The van der Waals surface area contributed by atoms with Gasteiger partial charge >= 0.3 is 5.97 Å². The van der Waals surface area contributed by atoms with E-state index in [2.05, 4.69) is 20.9 Å². The third kappa shape index (κ3) is 1.88. The standard InChI is InChI=1S/C10H10BrN3O2/c11-6-2-1-3-7-9(6)14(10(12)13-7)5-4-8(15)16/h1-3H,4-5H2,(H2,12,13)(H,15,16). The van der Waals surface area contributed by atoms with Crippen molar-refractivity contribution < 1.29 is 9.90 Å². The number of benzene rings is 1. The Kier molecular flexibility index (Phi) is 2.82. The molecule has 1 aromatic heterocycles. The predicted octanol–water partition coefficient (Wildman–Crippen LogP) is 1.86. The summed E-state index contributed by atoms with van der Waals surface area (Å²) in [5.41, 5.74) is 7.34. The highest BCUT2D eigenvalue weighted by molar-refractivity contribution is 9.10. The van der Waals surface area contributed by atoms with E-state index in [0.717, 1.165) is 15.5 Å². The first kappa shape index (κ1) is 10.9. The zero-order valence-electron chi connectivity index (χ0n) is 8.35. The zero-order chi connectivity index (χ0) is 11.7. The lowest BCUT2D eigenvalue weighted by atomic mass is 10.3. The fraction of sp³-hybridized carbons (Fsp3) is 0.200. The van der Waals surface area contributed by atoms with Crippen LogP contribution in [0.25, 0.3) is 11.0 Å². The highest BCUT2D eigenvalue weighted by atomic mass is 79.9. The fourth-order valence-electron chi connectivity index (χ4n) is 1.59. The molecule has 0 saturated heterocycles. The van der Waals surface area contributed by atoms with Gasteiger partial charge in [0.05, 0.1) is 17.5 Å². The van der Waals surface area contributed by atoms with E-state index >= 15 is 0 Å². The van der Waals surface area contributed by atoms with Gasteiger partial charge in [-0.05, 0) is 28.1 Å². The summed E-state index contributed by atoms with van der Waals surface area (Å²) in [4.78, 5) is 14.7. The number of carbonyl (C=O) groups is 1. The van der Waals surface area contributed by atoms with Crippen molar-refractivity contribution in [2.45, 2.75) is 13.0 Å². The number of aryl methyl sites for hydroxylation is 1. The number of carboxylic acid groups (broad SMARTS) is 1. The second kappa shape index (κ2) is 4.13. The number of fused-ring (bicyclic) bond motifs is 1. The number of para-hydroxylation sites is 1. The van der Waals surface area contributed by atoms with E-state index in [-0.39, 0.29) is 6.42 Å². The van der Waals surface area contributed by atoms with Crippen LogP contribution in [-0.4, -0.2) is 20.6 Å². The summed E-state index contributed by atoms with van der Waals surface area (Å²) in [5, 5.41) is 8.66. The van der Waals surface area contributed by atoms with Crippen molar-refractivity contribution in [3.05, 3.63) is 22.7 Å². The fourth-order valence-corrected chi connectivity index (χ4v) is 2.16. The number of carboxylic acids is 1. The van der Waals surface area contributed by atoms with Crippen molar-refractivity contribution in [1.82, 2.24) is 9.55 Å². The SMILES string of the molecule is Nc1nc2cccc(Br)c2n1CCC(=O)O. The van der Waals surface area contributed by atoms with Crippen LogP contribution in [0.4, 0.5) is 5.95 Å². The number of aromatic nitrogens is 2. The van der Waals surface area contributed by atoms with Gasteiger partial charge in [0.25, 0.3) is 0 Å². The van der Waals surface area contributed by atoms with Crippen LogP contribution in [0.1, 0.15) is 6.42 Å². The van der Waals surface area contributed by atoms with E-state index in [1.54, 1.807) is 4.57 Å². The summed E-state index contributed by atoms with van der Waals surface area (Å²) in [6.45, 7) is 0.320. The molecule has 0 spiro atoms. The molecule has 0 aliphatic heterocycles. The second-order valence-electron chi connectivity index (χ2n) is 3.37. The Morgan fingerprint density at radius 2 is 2.31 bits per heavy atom. The van der Waals surface area contributed by atoms with Gasteiger partial charge in [-0.1, -0.05) is 6.07 Å². The van der Waals surface area contributed by atoms with Crippen LogP contribution in [0.2, 0.25) is 0 Å². The van der Waals surface area contributed by atoms with Crippen LogP contribution < -0.4 is 5.73 Å². The summed E-state index contributed by atoms with van der Waals surface area (Å²) in [7, 11) is 0. The number of nitrogens with zero attached hydrogens (tertiary/aromatic N) is 2. The quantitative estimate of drug-likeness (QED) is 0.901. The van der Waals surface area contributed by atoms with Crippen LogP contribution in [-0.2, 0) is 11.3 Å². The molecule has 1 aromatic carbocycles. The minimum absolute atomic E-state index is 0.0248. The summed E-state index contributed by atoms with van der Waals surface area (Å²) in [5.74, 6) is -0.517. The molecular weight excluding hydrogens is 274 g/mol. The van der Waals surface area contributed by atoms with Crippen LogP contribution in [0, 0.1) is 0 Å². The number of aliphatic carboxylic acids is 1. The van der Waals surface area contributed by atoms with E-state index < -0.39 is 5.97 Å². The molecule has 16 heavy (non-hydrogen) atoms. The van der Waals surface area contributed by atoms with Crippen molar-refractivity contribution in [3.63, 3.8) is 0 Å². The minimum Gasteiger partial charge on any atom is -0.481 e. The van der Waals surface area contributed by atoms with Crippen molar-refractivity contribution in [2.24, 2.45) is 0 Å². The normalized spacial score (nSPS) is 10.8. The summed E-state index contributed by atoms with van der Waals surface area (Å²) in [6.07, 6.45) is 0.0248. The number of nitrogen functional groups attached to an aromatic ring is 1. The molecule has 0 amide bonds. The Labute approximate surface area is 100 Å². The van der Waals surface area contributed by atoms with E-state index in [1.807, 2.05) is 18.2 Å². The van der Waals surface area contributed by atoms with Gasteiger partial charge in [0.15, 0.2) is 0 Å². The molecule has 6 heteroatoms. The lowest BCUT2D eigenvalue weighted by molar-refractivity contribution is -0.137. The Balaban J connectivity index is 2.50. The highest BCUT2D eigenvalue weighted by Gasteiger charge is 2.11. The summed E-state index contributed by atoms with van der Waals surface area (Å²) >= 11 is 3.40. The first-order valence-electron chi connectivity index (χ1n) is 4.71. The third-order valence-corrected chi connectivity index (χ3v) is 2.94. The lowest BCUT2D eigenvalue weighted by Crippen LogP contribution is -2.07. The largest absolute Gasteiger partial charge is 0.481 e. The number of imidazole rings is 1. The van der Waals surface area contributed by atoms with Crippen molar-refractivity contribution in [1.29, 1.82) is 0 Å². The molecule has 0 bridgehead atoms. The Morgan fingerprint density at radius 3 is 3.00 bits per heavy atom. The minimum atomic E-state index is -0.853. The van der Waals surface area contributed by atoms with Crippen LogP contribution in [0.15, 0.2) is 22.7 Å². The number of nitrogens with two attached hydrogens (primary N) is 1. The molecule has 2 aromatic rings. The van der Waals surface area contributed by atoms with E-state index in [1.165, 1.54) is 0 Å². The number of rotatable bonds is 3.